The first-order valence-electron chi connectivity index (χ1n) is 11.0. The van der Waals surface area contributed by atoms with Crippen LogP contribution in [0.25, 0.3) is 16.6 Å². The molecular formula is C24H27N7O2. The van der Waals surface area contributed by atoms with E-state index in [4.69, 9.17) is 9.72 Å². The zero-order valence-electron chi connectivity index (χ0n) is 19.2. The van der Waals surface area contributed by atoms with Crippen molar-refractivity contribution in [2.75, 3.05) is 30.4 Å². The molecule has 170 valence electrons. The number of rotatable bonds is 4. The van der Waals surface area contributed by atoms with Crippen molar-refractivity contribution in [3.8, 4) is 5.75 Å². The van der Waals surface area contributed by atoms with Crippen molar-refractivity contribution >= 4 is 34.0 Å². The molecule has 4 aromatic rings. The molecule has 5 rings (SSSR count). The third-order valence-electron chi connectivity index (χ3n) is 5.84. The van der Waals surface area contributed by atoms with Gasteiger partial charge >= 0.3 is 0 Å². The molecule has 5 heterocycles. The van der Waals surface area contributed by atoms with E-state index in [1.54, 1.807) is 25.6 Å². The van der Waals surface area contributed by atoms with Gasteiger partial charge in [0.25, 0.3) is 5.91 Å². The van der Waals surface area contributed by atoms with Crippen molar-refractivity contribution in [2.45, 2.75) is 32.9 Å². The van der Waals surface area contributed by atoms with Crippen molar-refractivity contribution in [3.63, 3.8) is 0 Å². The Morgan fingerprint density at radius 2 is 2.00 bits per heavy atom. The van der Waals surface area contributed by atoms with Crippen LogP contribution in [0.5, 0.6) is 5.75 Å². The van der Waals surface area contributed by atoms with Gasteiger partial charge in [-0.25, -0.2) is 9.97 Å². The number of pyridine rings is 3. The standard InChI is InChI=1S/C24H27N7O2/c1-14-10-30(11-15(2)27-14)22-18-6-5-7-25-21(18)19(9-26-22)24(32)29-17-8-20(33-4)23-28-16(3)12-31(23)13-17/h5-9,12-15,27H,10-11H2,1-4H3,(H,29,32). The lowest BCUT2D eigenvalue weighted by Gasteiger charge is -2.37. The lowest BCUT2D eigenvalue weighted by molar-refractivity contribution is 0.102. The Hall–Kier alpha value is -3.72. The van der Waals surface area contributed by atoms with Crippen LogP contribution in [-0.2, 0) is 0 Å². The number of aromatic nitrogens is 4. The first-order chi connectivity index (χ1) is 15.9. The molecule has 33 heavy (non-hydrogen) atoms. The minimum Gasteiger partial charge on any atom is -0.493 e. The monoisotopic (exact) mass is 445 g/mol. The molecule has 0 saturated carbocycles. The van der Waals surface area contributed by atoms with Crippen LogP contribution in [0.2, 0.25) is 0 Å². The summed E-state index contributed by atoms with van der Waals surface area (Å²) in [5.41, 5.74) is 3.21. The Balaban J connectivity index is 1.50. The number of anilines is 2. The number of methoxy groups -OCH3 is 1. The van der Waals surface area contributed by atoms with Gasteiger partial charge in [-0.1, -0.05) is 0 Å². The van der Waals surface area contributed by atoms with Crippen LogP contribution in [0, 0.1) is 6.92 Å². The molecule has 2 atom stereocenters. The molecule has 0 aliphatic carbocycles. The van der Waals surface area contributed by atoms with Crippen LogP contribution in [-0.4, -0.2) is 57.5 Å². The molecule has 2 unspecified atom stereocenters. The van der Waals surface area contributed by atoms with Crippen molar-refractivity contribution in [3.05, 3.63) is 54.2 Å². The average molecular weight is 446 g/mol. The predicted octanol–water partition coefficient (Wildman–Crippen LogP) is 3.03. The lowest BCUT2D eigenvalue weighted by Crippen LogP contribution is -2.54. The van der Waals surface area contributed by atoms with E-state index in [-0.39, 0.29) is 5.91 Å². The highest BCUT2D eigenvalue weighted by Crippen LogP contribution is 2.29. The number of ether oxygens (including phenoxy) is 1. The quantitative estimate of drug-likeness (QED) is 0.498. The lowest BCUT2D eigenvalue weighted by atomic mass is 10.1. The van der Waals surface area contributed by atoms with Crippen molar-refractivity contribution < 1.29 is 9.53 Å². The highest BCUT2D eigenvalue weighted by atomic mass is 16.5. The van der Waals surface area contributed by atoms with E-state index in [1.165, 1.54) is 0 Å². The van der Waals surface area contributed by atoms with E-state index in [2.05, 4.69) is 39.3 Å². The fourth-order valence-electron chi connectivity index (χ4n) is 4.58. The first-order valence-corrected chi connectivity index (χ1v) is 11.0. The minimum absolute atomic E-state index is 0.280. The van der Waals surface area contributed by atoms with Gasteiger partial charge in [-0.15, -0.1) is 0 Å². The zero-order chi connectivity index (χ0) is 23.1. The van der Waals surface area contributed by atoms with Gasteiger partial charge in [0.1, 0.15) is 5.82 Å². The van der Waals surface area contributed by atoms with E-state index < -0.39 is 0 Å². The van der Waals surface area contributed by atoms with Gasteiger partial charge in [-0.3, -0.25) is 9.78 Å². The molecule has 0 bridgehead atoms. The minimum atomic E-state index is -0.280. The van der Waals surface area contributed by atoms with Gasteiger partial charge in [0.05, 0.1) is 29.6 Å². The second kappa shape index (κ2) is 8.32. The molecule has 9 nitrogen and oxygen atoms in total. The highest BCUT2D eigenvalue weighted by Gasteiger charge is 2.25. The van der Waals surface area contributed by atoms with Crippen LogP contribution in [0.4, 0.5) is 11.5 Å². The van der Waals surface area contributed by atoms with Crippen LogP contribution >= 0.6 is 0 Å². The summed E-state index contributed by atoms with van der Waals surface area (Å²) in [7, 11) is 1.59. The Morgan fingerprint density at radius 1 is 1.21 bits per heavy atom. The Bertz CT molecular complexity index is 1340. The van der Waals surface area contributed by atoms with Gasteiger partial charge in [-0.05, 0) is 32.9 Å². The van der Waals surface area contributed by atoms with Crippen molar-refractivity contribution in [2.24, 2.45) is 0 Å². The first kappa shape index (κ1) is 21.1. The highest BCUT2D eigenvalue weighted by molar-refractivity contribution is 6.13. The third-order valence-corrected chi connectivity index (χ3v) is 5.84. The summed E-state index contributed by atoms with van der Waals surface area (Å²) in [6.45, 7) is 7.93. The summed E-state index contributed by atoms with van der Waals surface area (Å²) in [4.78, 5) is 29.3. The van der Waals surface area contributed by atoms with Crippen LogP contribution in [0.15, 0.2) is 43.0 Å². The van der Waals surface area contributed by atoms with Gasteiger partial charge in [-0.2, -0.15) is 0 Å². The molecule has 0 spiro atoms. The molecule has 4 aromatic heterocycles. The maximum absolute atomic E-state index is 13.3. The molecule has 0 radical (unpaired) electrons. The van der Waals surface area contributed by atoms with E-state index in [0.29, 0.717) is 40.2 Å². The molecule has 1 amide bonds. The van der Waals surface area contributed by atoms with Gasteiger partial charge < -0.3 is 24.7 Å². The zero-order valence-corrected chi connectivity index (χ0v) is 19.2. The predicted molar refractivity (Wildman–Crippen MR) is 128 cm³/mol. The molecule has 1 aliphatic rings. The number of imidazole rings is 1. The van der Waals surface area contributed by atoms with Crippen molar-refractivity contribution in [1.82, 2.24) is 24.7 Å². The number of nitrogens with zero attached hydrogens (tertiary/aromatic N) is 5. The molecular weight excluding hydrogens is 418 g/mol. The maximum atomic E-state index is 13.3. The van der Waals surface area contributed by atoms with E-state index in [1.807, 2.05) is 35.9 Å². The molecule has 9 heteroatoms. The Morgan fingerprint density at radius 3 is 2.76 bits per heavy atom. The Kier molecular flexibility index (Phi) is 5.33. The smallest absolute Gasteiger partial charge is 0.259 e. The fourth-order valence-corrected chi connectivity index (χ4v) is 4.58. The molecule has 0 aromatic carbocycles. The topological polar surface area (TPSA) is 96.7 Å². The number of nitrogens with one attached hydrogen (secondary N) is 2. The second-order valence-corrected chi connectivity index (χ2v) is 8.63. The largest absolute Gasteiger partial charge is 0.493 e. The summed E-state index contributed by atoms with van der Waals surface area (Å²) in [5.74, 6) is 1.16. The van der Waals surface area contributed by atoms with Gasteiger partial charge in [0.15, 0.2) is 11.4 Å². The molecule has 2 N–H and O–H groups in total. The van der Waals surface area contributed by atoms with Crippen LogP contribution < -0.4 is 20.3 Å². The average Bonchev–Trinajstić information content (AvgIpc) is 3.17. The number of hydrogen-bond acceptors (Lipinski definition) is 7. The number of amides is 1. The van der Waals surface area contributed by atoms with E-state index in [9.17, 15) is 4.79 Å². The summed E-state index contributed by atoms with van der Waals surface area (Å²) in [6.07, 6.45) is 7.02. The number of piperazine rings is 1. The van der Waals surface area contributed by atoms with Gasteiger partial charge in [0.2, 0.25) is 0 Å². The number of fused-ring (bicyclic) bond motifs is 2. The number of carbonyl (C=O) groups excluding carboxylic acids is 1. The summed E-state index contributed by atoms with van der Waals surface area (Å²) in [6, 6.07) is 6.32. The summed E-state index contributed by atoms with van der Waals surface area (Å²) >= 11 is 0. The summed E-state index contributed by atoms with van der Waals surface area (Å²) in [5, 5.41) is 7.38. The SMILES string of the molecule is COc1cc(NC(=O)c2cnc(N3CC(C)NC(C)C3)c3cccnc23)cn2cc(C)nc12. The van der Waals surface area contributed by atoms with Crippen LogP contribution in [0.1, 0.15) is 29.9 Å². The fraction of sp³-hybridized carbons (Fsp3) is 0.333. The summed E-state index contributed by atoms with van der Waals surface area (Å²) < 4.78 is 7.31. The maximum Gasteiger partial charge on any atom is 0.259 e. The van der Waals surface area contributed by atoms with Crippen LogP contribution in [0.3, 0.4) is 0 Å². The molecule has 1 fully saturated rings. The normalized spacial score (nSPS) is 18.6. The number of aryl methyl sites for hydroxylation is 1. The number of hydrogen-bond donors (Lipinski definition) is 2. The third kappa shape index (κ3) is 3.95. The molecule has 1 aliphatic heterocycles. The van der Waals surface area contributed by atoms with Gasteiger partial charge in [0, 0.05) is 61.4 Å². The van der Waals surface area contributed by atoms with Crippen molar-refractivity contribution in [1.29, 1.82) is 0 Å². The Labute approximate surface area is 191 Å². The molecule has 1 saturated heterocycles. The van der Waals surface area contributed by atoms with E-state index in [0.717, 1.165) is 30.0 Å². The number of carbonyl (C=O) groups is 1. The second-order valence-electron chi connectivity index (χ2n) is 8.63. The van der Waals surface area contributed by atoms with E-state index >= 15 is 0 Å².